The van der Waals surface area contributed by atoms with E-state index in [1.54, 1.807) is 0 Å². The third-order valence-corrected chi connectivity index (χ3v) is 18.6. The molecule has 2 atom stereocenters. The molecule has 0 aliphatic heterocycles. The Hall–Kier alpha value is -3.79. The zero-order valence-corrected chi connectivity index (χ0v) is 65.2. The summed E-state index contributed by atoms with van der Waals surface area (Å²) in [6.07, 6.45) is 107. The number of carboxylic acid groups (broad SMARTS) is 1. The molecule has 9 nitrogen and oxygen atoms in total. The lowest BCUT2D eigenvalue weighted by molar-refractivity contribution is -0.870. The highest BCUT2D eigenvalue weighted by Crippen LogP contribution is 2.20. The van der Waals surface area contributed by atoms with Crippen molar-refractivity contribution in [2.24, 2.45) is 0 Å². The number of nitrogens with zero attached hydrogens (tertiary/aromatic N) is 1. The van der Waals surface area contributed by atoms with Crippen molar-refractivity contribution in [1.29, 1.82) is 0 Å². The number of allylic oxidation sites excluding steroid dienone is 16. The molecule has 0 N–H and O–H groups in total. The van der Waals surface area contributed by atoms with Gasteiger partial charge in [-0.25, -0.2) is 0 Å². The largest absolute Gasteiger partial charge is 0.545 e. The molecular formula is C89H159NO8. The first-order valence-corrected chi connectivity index (χ1v) is 41.9. The molecule has 0 rings (SSSR count). The summed E-state index contributed by atoms with van der Waals surface area (Å²) in [6.45, 7) is 4.68. The molecule has 0 spiro atoms. The van der Waals surface area contributed by atoms with Gasteiger partial charge in [0.15, 0.2) is 12.4 Å². The third kappa shape index (κ3) is 79.5. The van der Waals surface area contributed by atoms with Crippen molar-refractivity contribution in [3.8, 4) is 0 Å². The van der Waals surface area contributed by atoms with Gasteiger partial charge < -0.3 is 33.3 Å². The van der Waals surface area contributed by atoms with E-state index in [1.807, 2.05) is 21.1 Å². The molecule has 0 aromatic rings. The standard InChI is InChI=1S/C89H159NO8/c1-6-8-10-12-14-16-18-20-22-24-26-28-30-32-34-36-38-40-42-43-44-46-47-49-51-53-55-57-59-61-63-65-67-69-71-73-75-77-79-86(91)96-83-85(84-97-89(88(93)94)95-82-81-90(3,4)5)98-87(92)80-78-76-74-72-70-68-66-64-62-60-58-56-54-52-50-48-45-41-39-37-35-33-31-29-27-25-23-21-19-17-15-13-11-9-7-2/h9,11,15,17,21,23,27,29,33,35,39,41,48,50,54,56,85,89H,6-8,10,12-14,16,18-20,22,24-26,28,30-32,34,36-38,40,42-47,49,51-53,55,57-84H2,1-5H3/b11-9-,17-15-,23-21-,29-27-,35-33-,41-39-,50-48-,56-54-. The SMILES string of the molecule is CC/C=C\C/C=C\C/C=C\C/C=C\C/C=C\C/C=C\C/C=C\C/C=C\CCCCCCCCCCCCC(=O)OC(COC(=O)CCCCCCCCCCCCCCCCCCCCCCCCCCCCCCCCCCCCCCCC)COC(OCC[N+](C)(C)C)C(=O)[O-]. The molecule has 0 amide bonds. The van der Waals surface area contributed by atoms with E-state index in [1.165, 1.54) is 263 Å². The van der Waals surface area contributed by atoms with E-state index in [2.05, 4.69) is 111 Å². The van der Waals surface area contributed by atoms with Gasteiger partial charge in [0.1, 0.15) is 13.2 Å². The predicted molar refractivity (Wildman–Crippen MR) is 421 cm³/mol. The number of ether oxygens (including phenoxy) is 4. The number of hydrogen-bond acceptors (Lipinski definition) is 8. The number of quaternary nitrogens is 1. The lowest BCUT2D eigenvalue weighted by atomic mass is 10.0. The van der Waals surface area contributed by atoms with Crippen LogP contribution in [0, 0.1) is 0 Å². The molecule has 568 valence electrons. The number of carboxylic acids is 1. The summed E-state index contributed by atoms with van der Waals surface area (Å²) in [5.41, 5.74) is 0. The van der Waals surface area contributed by atoms with E-state index < -0.39 is 24.3 Å². The fourth-order valence-electron chi connectivity index (χ4n) is 12.3. The number of unbranched alkanes of at least 4 members (excludes halogenated alkanes) is 47. The van der Waals surface area contributed by atoms with E-state index >= 15 is 0 Å². The normalized spacial score (nSPS) is 13.1. The number of aliphatic carboxylic acids is 1. The highest BCUT2D eigenvalue weighted by molar-refractivity contribution is 5.70. The van der Waals surface area contributed by atoms with E-state index in [4.69, 9.17) is 18.9 Å². The number of rotatable bonds is 78. The van der Waals surface area contributed by atoms with Gasteiger partial charge >= 0.3 is 11.9 Å². The van der Waals surface area contributed by atoms with Gasteiger partial charge in [0.2, 0.25) is 0 Å². The van der Waals surface area contributed by atoms with Crippen LogP contribution >= 0.6 is 0 Å². The van der Waals surface area contributed by atoms with Crippen LogP contribution in [0.25, 0.3) is 0 Å². The monoisotopic (exact) mass is 1370 g/mol. The van der Waals surface area contributed by atoms with E-state index in [9.17, 15) is 19.5 Å². The first kappa shape index (κ1) is 94.2. The van der Waals surface area contributed by atoms with Crippen LogP contribution in [0.3, 0.4) is 0 Å². The molecule has 0 saturated heterocycles. The minimum Gasteiger partial charge on any atom is -0.545 e. The number of esters is 2. The Morgan fingerprint density at radius 3 is 0.867 bits per heavy atom. The summed E-state index contributed by atoms with van der Waals surface area (Å²) in [5, 5.41) is 11.9. The summed E-state index contributed by atoms with van der Waals surface area (Å²) < 4.78 is 22.9. The van der Waals surface area contributed by atoms with Gasteiger partial charge in [0.05, 0.1) is 40.3 Å². The average Bonchev–Trinajstić information content (AvgIpc) is 1.34. The fourth-order valence-corrected chi connectivity index (χ4v) is 12.3. The molecule has 0 heterocycles. The first-order valence-electron chi connectivity index (χ1n) is 41.9. The van der Waals surface area contributed by atoms with E-state index in [0.29, 0.717) is 23.9 Å². The molecule has 0 saturated carbocycles. The van der Waals surface area contributed by atoms with Gasteiger partial charge in [-0.05, 0) is 77.0 Å². The van der Waals surface area contributed by atoms with Crippen LogP contribution in [0.15, 0.2) is 97.2 Å². The molecule has 0 aliphatic carbocycles. The maximum absolute atomic E-state index is 13.0. The molecule has 2 unspecified atom stereocenters. The first-order chi connectivity index (χ1) is 48.1. The van der Waals surface area contributed by atoms with Crippen LogP contribution in [-0.2, 0) is 33.3 Å². The Morgan fingerprint density at radius 2 is 0.582 bits per heavy atom. The van der Waals surface area contributed by atoms with Crippen LogP contribution < -0.4 is 5.11 Å². The molecule has 9 heteroatoms. The summed E-state index contributed by atoms with van der Waals surface area (Å²) in [6, 6.07) is 0. The van der Waals surface area contributed by atoms with Crippen LogP contribution in [0.1, 0.15) is 393 Å². The van der Waals surface area contributed by atoms with Crippen LogP contribution in [0.4, 0.5) is 0 Å². The van der Waals surface area contributed by atoms with Gasteiger partial charge in [0.25, 0.3) is 0 Å². The molecule has 0 fully saturated rings. The van der Waals surface area contributed by atoms with Gasteiger partial charge in [-0.1, -0.05) is 400 Å². The van der Waals surface area contributed by atoms with Gasteiger partial charge in [-0.15, -0.1) is 0 Å². The maximum atomic E-state index is 13.0. The fraction of sp³-hybridized carbons (Fsp3) is 0.787. The van der Waals surface area contributed by atoms with Crippen molar-refractivity contribution < 1.29 is 42.9 Å². The second kappa shape index (κ2) is 78.9. The highest BCUT2D eigenvalue weighted by Gasteiger charge is 2.22. The Kier molecular flexibility index (Phi) is 75.9. The molecule has 0 aliphatic rings. The zero-order valence-electron chi connectivity index (χ0n) is 65.2. The van der Waals surface area contributed by atoms with Gasteiger partial charge in [0, 0.05) is 12.8 Å². The van der Waals surface area contributed by atoms with Crippen LogP contribution in [0.5, 0.6) is 0 Å². The van der Waals surface area contributed by atoms with Crippen molar-refractivity contribution >= 4 is 17.9 Å². The predicted octanol–water partition coefficient (Wildman–Crippen LogP) is 25.8. The van der Waals surface area contributed by atoms with Crippen molar-refractivity contribution in [2.75, 3.05) is 47.5 Å². The molecule has 98 heavy (non-hydrogen) atoms. The molecule has 0 aromatic heterocycles. The third-order valence-electron chi connectivity index (χ3n) is 18.6. The minimum atomic E-state index is -1.63. The number of carbonyl (C=O) groups is 3. The van der Waals surface area contributed by atoms with Crippen molar-refractivity contribution in [3.05, 3.63) is 97.2 Å². The quantitative estimate of drug-likeness (QED) is 0.0195. The molecule has 0 aromatic carbocycles. The second-order valence-electron chi connectivity index (χ2n) is 29.4. The Bertz CT molecular complexity index is 1940. The number of carbonyl (C=O) groups excluding carboxylic acids is 3. The summed E-state index contributed by atoms with van der Waals surface area (Å²) in [4.78, 5) is 37.6. The molecule has 0 bridgehead atoms. The minimum absolute atomic E-state index is 0.145. The molecular weight excluding hydrogens is 1210 g/mol. The Labute approximate surface area is 607 Å². The van der Waals surface area contributed by atoms with Gasteiger partial charge in [-0.3, -0.25) is 9.59 Å². The number of hydrogen-bond donors (Lipinski definition) is 0. The lowest BCUT2D eigenvalue weighted by Gasteiger charge is -2.26. The maximum Gasteiger partial charge on any atom is 0.306 e. The topological polar surface area (TPSA) is 111 Å². The van der Waals surface area contributed by atoms with Crippen LogP contribution in [0.2, 0.25) is 0 Å². The Morgan fingerprint density at radius 1 is 0.316 bits per heavy atom. The zero-order chi connectivity index (χ0) is 71.1. The lowest BCUT2D eigenvalue weighted by Crippen LogP contribution is -2.44. The Balaban J connectivity index is 4.00. The van der Waals surface area contributed by atoms with Crippen molar-refractivity contribution in [2.45, 2.75) is 405 Å². The van der Waals surface area contributed by atoms with Gasteiger partial charge in [-0.2, -0.15) is 0 Å². The summed E-state index contributed by atoms with van der Waals surface area (Å²) >= 11 is 0. The second-order valence-corrected chi connectivity index (χ2v) is 29.4. The van der Waals surface area contributed by atoms with Crippen LogP contribution in [-0.4, -0.2) is 82.3 Å². The van der Waals surface area contributed by atoms with E-state index in [0.717, 1.165) is 96.3 Å². The van der Waals surface area contributed by atoms with Crippen molar-refractivity contribution in [3.63, 3.8) is 0 Å². The van der Waals surface area contributed by atoms with Crippen molar-refractivity contribution in [1.82, 2.24) is 0 Å². The smallest absolute Gasteiger partial charge is 0.306 e. The molecule has 0 radical (unpaired) electrons. The number of likely N-dealkylation sites (N-methyl/N-ethyl adjacent to an activating group) is 1. The highest BCUT2D eigenvalue weighted by atomic mass is 16.7. The average molecular weight is 1370 g/mol. The summed E-state index contributed by atoms with van der Waals surface area (Å²) in [7, 11) is 5.94. The van der Waals surface area contributed by atoms with E-state index in [-0.39, 0.29) is 32.2 Å². The summed E-state index contributed by atoms with van der Waals surface area (Å²) in [5.74, 6) is -2.27.